The molecular weight excluding hydrogens is 148 g/mol. The summed E-state index contributed by atoms with van der Waals surface area (Å²) in [7, 11) is 0. The molecule has 1 aromatic carbocycles. The Balaban J connectivity index is 3.44. The number of hydrogen-bond acceptors (Lipinski definition) is 0. The fourth-order valence-electron chi connectivity index (χ4n) is 0.965. The largest absolute Gasteiger partial charge is 0.250 e. The lowest BCUT2D eigenvalue weighted by atomic mass is 10.1. The smallest absolute Gasteiger partial charge is 0.194 e. The van der Waals surface area contributed by atoms with E-state index in [0.29, 0.717) is 11.4 Å². The molecule has 0 radical (unpaired) electrons. The molecule has 0 heterocycles. The molecule has 0 spiro atoms. The lowest BCUT2D eigenvalue weighted by Crippen LogP contribution is -1.78. The number of benzene rings is 1. The Hall–Kier alpha value is -1.80. The zero-order valence-corrected chi connectivity index (χ0v) is 7.05. The highest BCUT2D eigenvalue weighted by Gasteiger charge is 2.03. The van der Waals surface area contributed by atoms with Crippen molar-refractivity contribution in [1.29, 1.82) is 0 Å². The highest BCUT2D eigenvalue weighted by atomic mass is 14.7. The van der Waals surface area contributed by atoms with E-state index in [-0.39, 0.29) is 0 Å². The van der Waals surface area contributed by atoms with Gasteiger partial charge >= 0.3 is 0 Å². The molecule has 2 nitrogen and oxygen atoms in total. The van der Waals surface area contributed by atoms with Gasteiger partial charge in [-0.2, -0.15) is 0 Å². The Kier molecular flexibility index (Phi) is 2.12. The van der Waals surface area contributed by atoms with E-state index in [9.17, 15) is 0 Å². The van der Waals surface area contributed by atoms with Crippen LogP contribution < -0.4 is 0 Å². The van der Waals surface area contributed by atoms with E-state index in [1.807, 2.05) is 13.8 Å². The summed E-state index contributed by atoms with van der Waals surface area (Å²) in [5.41, 5.74) is 3.03. The van der Waals surface area contributed by atoms with Crippen LogP contribution in [0.15, 0.2) is 12.1 Å². The Morgan fingerprint density at radius 2 is 1.25 bits per heavy atom. The van der Waals surface area contributed by atoms with Crippen LogP contribution in [0.1, 0.15) is 11.1 Å². The Morgan fingerprint density at radius 1 is 0.917 bits per heavy atom. The number of hydrogen-bond donors (Lipinski definition) is 0. The molecule has 0 aliphatic carbocycles. The van der Waals surface area contributed by atoms with Crippen molar-refractivity contribution >= 4 is 11.4 Å². The summed E-state index contributed by atoms with van der Waals surface area (Å²) in [4.78, 5) is 6.56. The molecule has 0 bridgehead atoms. The predicted molar refractivity (Wildman–Crippen MR) is 48.4 cm³/mol. The van der Waals surface area contributed by atoms with E-state index >= 15 is 0 Å². The van der Waals surface area contributed by atoms with E-state index in [4.69, 9.17) is 13.1 Å². The standard InChI is InChI=1S/C10H8N2/c1-7-5-9(11-3)10(12-4)6-8(7)2/h5-6H,1-2H3. The predicted octanol–water partition coefficient (Wildman–Crippen LogP) is 3.41. The van der Waals surface area contributed by atoms with Crippen molar-refractivity contribution in [3.63, 3.8) is 0 Å². The van der Waals surface area contributed by atoms with Gasteiger partial charge in [0.2, 0.25) is 0 Å². The van der Waals surface area contributed by atoms with Crippen LogP contribution in [0.4, 0.5) is 11.4 Å². The van der Waals surface area contributed by atoms with Crippen molar-refractivity contribution in [2.75, 3.05) is 0 Å². The van der Waals surface area contributed by atoms with Gasteiger partial charge in [0.15, 0.2) is 11.4 Å². The van der Waals surface area contributed by atoms with Gasteiger partial charge < -0.3 is 0 Å². The molecule has 0 aliphatic rings. The lowest BCUT2D eigenvalue weighted by molar-refractivity contribution is 1.35. The average Bonchev–Trinajstić information content (AvgIpc) is 2.09. The molecule has 58 valence electrons. The first-order valence-corrected chi connectivity index (χ1v) is 3.55. The highest BCUT2D eigenvalue weighted by Crippen LogP contribution is 2.30. The first kappa shape index (κ1) is 8.30. The maximum Gasteiger partial charge on any atom is 0.194 e. The maximum absolute atomic E-state index is 6.84. The summed E-state index contributed by atoms with van der Waals surface area (Å²) in [5, 5.41) is 0. The van der Waals surface area contributed by atoms with E-state index in [1.54, 1.807) is 12.1 Å². The van der Waals surface area contributed by atoms with Gasteiger partial charge in [-0.05, 0) is 13.8 Å². The zero-order chi connectivity index (χ0) is 9.14. The zero-order valence-electron chi connectivity index (χ0n) is 7.05. The summed E-state index contributed by atoms with van der Waals surface area (Å²) in [6, 6.07) is 3.52. The van der Waals surface area contributed by atoms with Crippen LogP contribution in [0.2, 0.25) is 0 Å². The fourth-order valence-corrected chi connectivity index (χ4v) is 0.965. The number of rotatable bonds is 0. The van der Waals surface area contributed by atoms with Gasteiger partial charge in [-0.1, -0.05) is 23.3 Å². The summed E-state index contributed by atoms with van der Waals surface area (Å²) in [6.45, 7) is 17.6. The van der Waals surface area contributed by atoms with Crippen LogP contribution in [0.3, 0.4) is 0 Å². The summed E-state index contributed by atoms with van der Waals surface area (Å²) in [6.07, 6.45) is 0. The van der Waals surface area contributed by atoms with Crippen LogP contribution >= 0.6 is 0 Å². The van der Waals surface area contributed by atoms with Crippen LogP contribution in [0, 0.1) is 27.0 Å². The molecule has 12 heavy (non-hydrogen) atoms. The van der Waals surface area contributed by atoms with E-state index in [1.165, 1.54) is 0 Å². The third-order valence-electron chi connectivity index (χ3n) is 1.83. The molecule has 1 rings (SSSR count). The minimum absolute atomic E-state index is 0.452. The second kappa shape index (κ2) is 3.07. The number of nitrogens with zero attached hydrogens (tertiary/aromatic N) is 2. The van der Waals surface area contributed by atoms with Crippen molar-refractivity contribution in [2.45, 2.75) is 13.8 Å². The van der Waals surface area contributed by atoms with Crippen molar-refractivity contribution in [2.24, 2.45) is 0 Å². The van der Waals surface area contributed by atoms with Gasteiger partial charge in [0.05, 0.1) is 13.1 Å². The molecule has 0 fully saturated rings. The van der Waals surface area contributed by atoms with Crippen molar-refractivity contribution in [3.05, 3.63) is 46.1 Å². The van der Waals surface area contributed by atoms with Crippen LogP contribution in [0.5, 0.6) is 0 Å². The second-order valence-corrected chi connectivity index (χ2v) is 2.65. The minimum Gasteiger partial charge on any atom is -0.250 e. The van der Waals surface area contributed by atoms with Crippen LogP contribution in [-0.4, -0.2) is 0 Å². The third-order valence-corrected chi connectivity index (χ3v) is 1.83. The van der Waals surface area contributed by atoms with Gasteiger partial charge in [0, 0.05) is 0 Å². The third kappa shape index (κ3) is 1.28. The quantitative estimate of drug-likeness (QED) is 0.509. The summed E-state index contributed by atoms with van der Waals surface area (Å²) >= 11 is 0. The Labute approximate surface area is 72.1 Å². The fraction of sp³-hybridized carbons (Fsp3) is 0.200. The molecule has 0 aromatic heterocycles. The van der Waals surface area contributed by atoms with Crippen molar-refractivity contribution in [1.82, 2.24) is 0 Å². The van der Waals surface area contributed by atoms with Crippen LogP contribution in [-0.2, 0) is 0 Å². The molecule has 0 amide bonds. The molecule has 2 heteroatoms. The molecule has 0 unspecified atom stereocenters. The SMILES string of the molecule is [C-]#[N+]c1cc(C)c(C)cc1[N+]#[C-]. The maximum atomic E-state index is 6.84. The van der Waals surface area contributed by atoms with Crippen molar-refractivity contribution in [3.8, 4) is 0 Å². The van der Waals surface area contributed by atoms with E-state index < -0.39 is 0 Å². The molecule has 0 N–H and O–H groups in total. The van der Waals surface area contributed by atoms with Gasteiger partial charge in [-0.25, -0.2) is 0 Å². The van der Waals surface area contributed by atoms with Gasteiger partial charge in [-0.3, -0.25) is 9.69 Å². The average molecular weight is 156 g/mol. The van der Waals surface area contributed by atoms with Crippen LogP contribution in [0.25, 0.3) is 9.69 Å². The molecule has 1 aromatic rings. The second-order valence-electron chi connectivity index (χ2n) is 2.65. The van der Waals surface area contributed by atoms with E-state index in [2.05, 4.69) is 9.69 Å². The first-order chi connectivity index (χ1) is 5.69. The molecule has 0 saturated heterocycles. The summed E-state index contributed by atoms with van der Waals surface area (Å²) < 4.78 is 0. The van der Waals surface area contributed by atoms with Gasteiger partial charge in [0.1, 0.15) is 0 Å². The van der Waals surface area contributed by atoms with Gasteiger partial charge in [-0.15, -0.1) is 0 Å². The Morgan fingerprint density at radius 3 is 1.50 bits per heavy atom. The summed E-state index contributed by atoms with van der Waals surface area (Å²) in [5.74, 6) is 0. The van der Waals surface area contributed by atoms with Crippen molar-refractivity contribution < 1.29 is 0 Å². The molecule has 0 saturated carbocycles. The van der Waals surface area contributed by atoms with Gasteiger partial charge in [0.25, 0.3) is 0 Å². The topological polar surface area (TPSA) is 8.72 Å². The highest BCUT2D eigenvalue weighted by molar-refractivity contribution is 5.72. The number of aryl methyl sites for hydroxylation is 2. The monoisotopic (exact) mass is 156 g/mol. The molecule has 0 atom stereocenters. The van der Waals surface area contributed by atoms with E-state index in [0.717, 1.165) is 11.1 Å². The first-order valence-electron chi connectivity index (χ1n) is 3.55. The lowest BCUT2D eigenvalue weighted by Gasteiger charge is -2.01. The Bertz CT molecular complexity index is 353. The normalized spacial score (nSPS) is 8.67. The molecular formula is C10H8N2. The minimum atomic E-state index is 0.452. The molecule has 0 aliphatic heterocycles.